The number of amides is 1. The lowest BCUT2D eigenvalue weighted by molar-refractivity contribution is -0.123. The molecule has 1 aliphatic rings. The maximum atomic E-state index is 11.9. The van der Waals surface area contributed by atoms with Crippen molar-refractivity contribution in [2.45, 2.75) is 32.6 Å². The van der Waals surface area contributed by atoms with Gasteiger partial charge in [0.25, 0.3) is 5.91 Å². The summed E-state index contributed by atoms with van der Waals surface area (Å²) in [6.45, 7) is 2.92. The summed E-state index contributed by atoms with van der Waals surface area (Å²) in [5, 5.41) is 2.96. The van der Waals surface area contributed by atoms with Gasteiger partial charge in [-0.3, -0.25) is 4.79 Å². The molecular weight excluding hydrogens is 284 g/mol. The van der Waals surface area contributed by atoms with Crippen molar-refractivity contribution < 1.29 is 9.53 Å². The summed E-state index contributed by atoms with van der Waals surface area (Å²) in [6.07, 6.45) is 4.77. The third-order valence-corrected chi connectivity index (χ3v) is 4.13. The van der Waals surface area contributed by atoms with Gasteiger partial charge in [-0.05, 0) is 36.8 Å². The predicted molar refractivity (Wildman–Crippen MR) is 87.4 cm³/mol. The molecule has 0 atom stereocenters. The molecule has 1 amide bonds. The van der Waals surface area contributed by atoms with Crippen LogP contribution in [0.4, 0.5) is 0 Å². The number of para-hydroxylation sites is 1. The van der Waals surface area contributed by atoms with Crippen LogP contribution >= 0.6 is 12.2 Å². The van der Waals surface area contributed by atoms with Crippen molar-refractivity contribution in [3.8, 4) is 5.75 Å². The number of carbonyl (C=O) groups is 1. The Morgan fingerprint density at radius 3 is 2.76 bits per heavy atom. The van der Waals surface area contributed by atoms with Crippen LogP contribution in [0.1, 0.15) is 38.2 Å². The van der Waals surface area contributed by atoms with Crippen LogP contribution in [0.2, 0.25) is 0 Å². The monoisotopic (exact) mass is 306 g/mol. The van der Waals surface area contributed by atoms with Crippen molar-refractivity contribution in [3.05, 3.63) is 29.8 Å². The summed E-state index contributed by atoms with van der Waals surface area (Å²) in [7, 11) is 0. The molecule has 0 saturated heterocycles. The van der Waals surface area contributed by atoms with Crippen LogP contribution in [-0.4, -0.2) is 24.0 Å². The number of benzene rings is 1. The fourth-order valence-corrected chi connectivity index (χ4v) is 2.67. The second-order valence-corrected chi connectivity index (χ2v) is 6.12. The highest BCUT2D eigenvalue weighted by Gasteiger charge is 2.41. The van der Waals surface area contributed by atoms with Crippen LogP contribution in [0.25, 0.3) is 0 Å². The van der Waals surface area contributed by atoms with E-state index in [-0.39, 0.29) is 17.5 Å². The molecule has 2 rings (SSSR count). The Labute approximate surface area is 131 Å². The SMILES string of the molecule is CCCC1(CNC(=O)COc2ccccc2C(N)=S)CC1. The number of nitrogens with one attached hydrogen (secondary N) is 1. The van der Waals surface area contributed by atoms with Gasteiger partial charge < -0.3 is 15.8 Å². The fraction of sp³-hybridized carbons (Fsp3) is 0.500. The van der Waals surface area contributed by atoms with Gasteiger partial charge in [-0.2, -0.15) is 0 Å². The van der Waals surface area contributed by atoms with E-state index in [2.05, 4.69) is 12.2 Å². The van der Waals surface area contributed by atoms with E-state index in [1.54, 1.807) is 12.1 Å². The van der Waals surface area contributed by atoms with Gasteiger partial charge in [0.15, 0.2) is 6.61 Å². The molecule has 4 nitrogen and oxygen atoms in total. The zero-order valence-electron chi connectivity index (χ0n) is 12.4. The maximum absolute atomic E-state index is 11.9. The topological polar surface area (TPSA) is 64.3 Å². The number of nitrogens with two attached hydrogens (primary N) is 1. The molecule has 0 spiro atoms. The van der Waals surface area contributed by atoms with Crippen molar-refractivity contribution in [2.24, 2.45) is 11.1 Å². The lowest BCUT2D eigenvalue weighted by atomic mass is 10.0. The summed E-state index contributed by atoms with van der Waals surface area (Å²) in [5.74, 6) is 0.449. The highest BCUT2D eigenvalue weighted by Crippen LogP contribution is 2.48. The highest BCUT2D eigenvalue weighted by atomic mass is 32.1. The molecular formula is C16H22N2O2S. The molecule has 114 valence electrons. The van der Waals surface area contributed by atoms with Gasteiger partial charge in [0.1, 0.15) is 10.7 Å². The number of hydrogen-bond donors (Lipinski definition) is 2. The minimum absolute atomic E-state index is 0.0121. The molecule has 0 radical (unpaired) electrons. The normalized spacial score (nSPS) is 15.3. The molecule has 0 bridgehead atoms. The molecule has 3 N–H and O–H groups in total. The number of thiocarbonyl (C=S) groups is 1. The Hall–Kier alpha value is -1.62. The summed E-state index contributed by atoms with van der Waals surface area (Å²) >= 11 is 4.96. The zero-order chi connectivity index (χ0) is 15.3. The van der Waals surface area contributed by atoms with E-state index in [4.69, 9.17) is 22.7 Å². The average Bonchev–Trinajstić information content (AvgIpc) is 3.24. The van der Waals surface area contributed by atoms with Crippen molar-refractivity contribution >= 4 is 23.1 Å². The van der Waals surface area contributed by atoms with Crippen molar-refractivity contribution in [3.63, 3.8) is 0 Å². The Morgan fingerprint density at radius 2 is 2.14 bits per heavy atom. The maximum Gasteiger partial charge on any atom is 0.257 e. The van der Waals surface area contributed by atoms with E-state index in [1.165, 1.54) is 19.3 Å². The first kappa shape index (κ1) is 15.8. The predicted octanol–water partition coefficient (Wildman–Crippen LogP) is 2.40. The summed E-state index contributed by atoms with van der Waals surface area (Å²) in [4.78, 5) is 12.1. The van der Waals surface area contributed by atoms with Crippen LogP contribution in [0.3, 0.4) is 0 Å². The molecule has 0 unspecified atom stereocenters. The Bertz CT molecular complexity index is 527. The molecule has 1 fully saturated rings. The van der Waals surface area contributed by atoms with Gasteiger partial charge in [0.05, 0.1) is 5.56 Å². The van der Waals surface area contributed by atoms with Crippen molar-refractivity contribution in [2.75, 3.05) is 13.2 Å². The summed E-state index contributed by atoms with van der Waals surface area (Å²) < 4.78 is 5.53. The molecule has 21 heavy (non-hydrogen) atoms. The summed E-state index contributed by atoms with van der Waals surface area (Å²) in [5.41, 5.74) is 6.63. The van der Waals surface area contributed by atoms with Crippen LogP contribution < -0.4 is 15.8 Å². The minimum Gasteiger partial charge on any atom is -0.483 e. The number of hydrogen-bond acceptors (Lipinski definition) is 3. The van der Waals surface area contributed by atoms with E-state index in [0.29, 0.717) is 16.7 Å². The third-order valence-electron chi connectivity index (χ3n) is 3.91. The Balaban J connectivity index is 1.80. The first-order valence-electron chi connectivity index (χ1n) is 7.35. The van der Waals surface area contributed by atoms with Crippen LogP contribution in [0.15, 0.2) is 24.3 Å². The number of carbonyl (C=O) groups excluding carboxylic acids is 1. The Kier molecular flexibility index (Phi) is 5.17. The van der Waals surface area contributed by atoms with Gasteiger partial charge >= 0.3 is 0 Å². The molecule has 1 aliphatic carbocycles. The highest BCUT2D eigenvalue weighted by molar-refractivity contribution is 7.80. The van der Waals surface area contributed by atoms with E-state index in [0.717, 1.165) is 13.0 Å². The van der Waals surface area contributed by atoms with Gasteiger partial charge in [0.2, 0.25) is 0 Å². The van der Waals surface area contributed by atoms with E-state index in [1.807, 2.05) is 12.1 Å². The van der Waals surface area contributed by atoms with Gasteiger partial charge in [-0.25, -0.2) is 0 Å². The second kappa shape index (κ2) is 6.89. The number of rotatable bonds is 8. The largest absolute Gasteiger partial charge is 0.483 e. The number of ether oxygens (including phenoxy) is 1. The Morgan fingerprint density at radius 1 is 1.43 bits per heavy atom. The van der Waals surface area contributed by atoms with E-state index in [9.17, 15) is 4.79 Å². The van der Waals surface area contributed by atoms with Gasteiger partial charge in [-0.15, -0.1) is 0 Å². The lowest BCUT2D eigenvalue weighted by Gasteiger charge is -2.15. The first-order chi connectivity index (χ1) is 10.1. The second-order valence-electron chi connectivity index (χ2n) is 5.68. The summed E-state index contributed by atoms with van der Waals surface area (Å²) in [6, 6.07) is 7.22. The zero-order valence-corrected chi connectivity index (χ0v) is 13.2. The molecule has 0 heterocycles. The van der Waals surface area contributed by atoms with E-state index < -0.39 is 0 Å². The fourth-order valence-electron chi connectivity index (χ4n) is 2.50. The van der Waals surface area contributed by atoms with Gasteiger partial charge in [0, 0.05) is 6.54 Å². The standard InChI is InChI=1S/C16H22N2O2S/c1-2-7-16(8-9-16)11-18-14(19)10-20-13-6-4-3-5-12(13)15(17)21/h3-6H,2,7-11H2,1H3,(H2,17,21)(H,18,19). The molecule has 0 aromatic heterocycles. The van der Waals surface area contributed by atoms with Crippen LogP contribution in [-0.2, 0) is 4.79 Å². The van der Waals surface area contributed by atoms with Gasteiger partial charge in [-0.1, -0.05) is 37.7 Å². The quantitative estimate of drug-likeness (QED) is 0.724. The van der Waals surface area contributed by atoms with E-state index >= 15 is 0 Å². The van der Waals surface area contributed by atoms with Crippen LogP contribution in [0, 0.1) is 5.41 Å². The lowest BCUT2D eigenvalue weighted by Crippen LogP contribution is -2.34. The molecule has 1 aromatic rings. The van der Waals surface area contributed by atoms with Crippen molar-refractivity contribution in [1.82, 2.24) is 5.32 Å². The molecule has 5 heteroatoms. The first-order valence-corrected chi connectivity index (χ1v) is 7.75. The molecule has 0 aliphatic heterocycles. The average molecular weight is 306 g/mol. The third kappa shape index (κ3) is 4.43. The minimum atomic E-state index is -0.102. The smallest absolute Gasteiger partial charge is 0.257 e. The molecule has 1 aromatic carbocycles. The van der Waals surface area contributed by atoms with Crippen LogP contribution in [0.5, 0.6) is 5.75 Å². The molecule has 1 saturated carbocycles. The van der Waals surface area contributed by atoms with Crippen molar-refractivity contribution in [1.29, 1.82) is 0 Å².